The maximum absolute atomic E-state index is 13.4. The van der Waals surface area contributed by atoms with E-state index in [9.17, 15) is 9.90 Å². The number of aliphatic hydroxyl groups excluding tert-OH is 1. The van der Waals surface area contributed by atoms with E-state index in [1.807, 2.05) is 55.3 Å². The van der Waals surface area contributed by atoms with Gasteiger partial charge in [-0.05, 0) is 37.1 Å². The van der Waals surface area contributed by atoms with Gasteiger partial charge in [0.15, 0.2) is 0 Å². The van der Waals surface area contributed by atoms with Gasteiger partial charge in [-0.1, -0.05) is 30.3 Å². The van der Waals surface area contributed by atoms with Gasteiger partial charge in [-0.3, -0.25) is 9.36 Å². The molecule has 1 N–H and O–H groups in total. The van der Waals surface area contributed by atoms with Crippen LogP contribution in [0.25, 0.3) is 10.9 Å². The summed E-state index contributed by atoms with van der Waals surface area (Å²) in [5, 5.41) is 9.76. The molecule has 6 heteroatoms. The quantitative estimate of drug-likeness (QED) is 0.650. The van der Waals surface area contributed by atoms with E-state index >= 15 is 0 Å². The number of aliphatic hydroxyl groups is 1. The lowest BCUT2D eigenvalue weighted by atomic mass is 10.1. The second-order valence-corrected chi connectivity index (χ2v) is 6.98. The van der Waals surface area contributed by atoms with Crippen LogP contribution < -0.4 is 10.5 Å². The number of benzene rings is 2. The molecule has 0 saturated carbocycles. The van der Waals surface area contributed by atoms with Gasteiger partial charge in [-0.2, -0.15) is 0 Å². The zero-order valence-corrected chi connectivity index (χ0v) is 16.6. The fraction of sp³-hybridized carbons (Fsp3) is 0.364. The second-order valence-electron chi connectivity index (χ2n) is 6.98. The first-order valence-corrected chi connectivity index (χ1v) is 9.43. The topological polar surface area (TPSA) is 67.6 Å². The van der Waals surface area contributed by atoms with Crippen molar-refractivity contribution in [2.75, 3.05) is 38.8 Å². The lowest BCUT2D eigenvalue weighted by Gasteiger charge is -2.23. The summed E-state index contributed by atoms with van der Waals surface area (Å²) >= 11 is 0. The van der Waals surface area contributed by atoms with Gasteiger partial charge in [-0.25, -0.2) is 4.98 Å². The standard InChI is InChI=1S/C22H27N3O3/c1-16-23-21-10-9-18(24(2)11-12-26)14-20(21)22(27)25(16)19(15-28-3)13-17-7-5-4-6-8-17/h4-10,14,19,26H,11-13,15H2,1-3H3/t19-/m0/s1. The van der Waals surface area contributed by atoms with E-state index < -0.39 is 0 Å². The number of aromatic nitrogens is 2. The third-order valence-electron chi connectivity index (χ3n) is 4.97. The van der Waals surface area contributed by atoms with E-state index in [4.69, 9.17) is 4.74 Å². The summed E-state index contributed by atoms with van der Waals surface area (Å²) in [5.41, 5.74) is 2.63. The number of methoxy groups -OCH3 is 1. The molecule has 1 atom stereocenters. The van der Waals surface area contributed by atoms with Crippen molar-refractivity contribution in [2.45, 2.75) is 19.4 Å². The predicted octanol–water partition coefficient (Wildman–Crippen LogP) is 2.56. The minimum atomic E-state index is -0.143. The molecule has 2 aromatic carbocycles. The maximum Gasteiger partial charge on any atom is 0.261 e. The molecule has 6 nitrogen and oxygen atoms in total. The van der Waals surface area contributed by atoms with Crippen molar-refractivity contribution in [3.63, 3.8) is 0 Å². The molecule has 3 aromatic rings. The molecule has 0 spiro atoms. The number of ether oxygens (including phenoxy) is 1. The van der Waals surface area contributed by atoms with Crippen molar-refractivity contribution < 1.29 is 9.84 Å². The average Bonchev–Trinajstić information content (AvgIpc) is 2.69. The van der Waals surface area contributed by atoms with Gasteiger partial charge in [0.05, 0.1) is 30.2 Å². The smallest absolute Gasteiger partial charge is 0.261 e. The Morgan fingerprint density at radius 3 is 2.64 bits per heavy atom. The number of anilines is 1. The average molecular weight is 381 g/mol. The molecule has 0 aliphatic rings. The number of hydrogen-bond acceptors (Lipinski definition) is 5. The Labute approximate surface area is 165 Å². The molecule has 0 radical (unpaired) electrons. The fourth-order valence-corrected chi connectivity index (χ4v) is 3.55. The summed E-state index contributed by atoms with van der Waals surface area (Å²) in [4.78, 5) is 20.0. The van der Waals surface area contributed by atoms with Crippen LogP contribution in [0.15, 0.2) is 53.3 Å². The van der Waals surface area contributed by atoms with Crippen LogP contribution in [0.4, 0.5) is 5.69 Å². The van der Waals surface area contributed by atoms with Gasteiger partial charge < -0.3 is 14.7 Å². The molecule has 0 fully saturated rings. The van der Waals surface area contributed by atoms with Crippen LogP contribution in [0, 0.1) is 6.92 Å². The zero-order chi connectivity index (χ0) is 20.1. The van der Waals surface area contributed by atoms with Gasteiger partial charge >= 0.3 is 0 Å². The molecule has 0 saturated heterocycles. The molecule has 148 valence electrons. The predicted molar refractivity (Wildman–Crippen MR) is 112 cm³/mol. The molecule has 0 unspecified atom stereocenters. The first-order valence-electron chi connectivity index (χ1n) is 9.43. The van der Waals surface area contributed by atoms with Gasteiger partial charge in [-0.15, -0.1) is 0 Å². The summed E-state index contributed by atoms with van der Waals surface area (Å²) in [6.07, 6.45) is 0.687. The minimum absolute atomic E-state index is 0.0535. The Morgan fingerprint density at radius 2 is 1.96 bits per heavy atom. The summed E-state index contributed by atoms with van der Waals surface area (Å²) in [7, 11) is 3.54. The van der Waals surface area contributed by atoms with E-state index in [-0.39, 0.29) is 18.2 Å². The van der Waals surface area contributed by atoms with Crippen molar-refractivity contribution in [3.05, 3.63) is 70.3 Å². The molecule has 0 aliphatic carbocycles. The fourth-order valence-electron chi connectivity index (χ4n) is 3.55. The van der Waals surface area contributed by atoms with Gasteiger partial charge in [0.1, 0.15) is 5.82 Å². The highest BCUT2D eigenvalue weighted by molar-refractivity contribution is 5.81. The third-order valence-corrected chi connectivity index (χ3v) is 4.97. The molecule has 28 heavy (non-hydrogen) atoms. The zero-order valence-electron chi connectivity index (χ0n) is 16.6. The summed E-state index contributed by atoms with van der Waals surface area (Å²) in [5.74, 6) is 0.673. The Balaban J connectivity index is 2.08. The highest BCUT2D eigenvalue weighted by atomic mass is 16.5. The van der Waals surface area contributed by atoms with Gasteiger partial charge in [0.25, 0.3) is 5.56 Å². The third kappa shape index (κ3) is 4.24. The molecule has 3 rings (SSSR count). The summed E-state index contributed by atoms with van der Waals surface area (Å²) in [6.45, 7) is 2.84. The van der Waals surface area contributed by atoms with E-state index in [1.54, 1.807) is 11.7 Å². The Morgan fingerprint density at radius 1 is 1.21 bits per heavy atom. The van der Waals surface area contributed by atoms with Crippen LogP contribution in [0.3, 0.4) is 0 Å². The number of hydrogen-bond donors (Lipinski definition) is 1. The lowest BCUT2D eigenvalue weighted by Crippen LogP contribution is -2.32. The van der Waals surface area contributed by atoms with Crippen molar-refractivity contribution >= 4 is 16.6 Å². The number of likely N-dealkylation sites (N-methyl/N-ethyl adjacent to an activating group) is 1. The van der Waals surface area contributed by atoms with Crippen molar-refractivity contribution in [2.24, 2.45) is 0 Å². The summed E-state index contributed by atoms with van der Waals surface area (Å²) in [6, 6.07) is 15.6. The van der Waals surface area contributed by atoms with Gasteiger partial charge in [0.2, 0.25) is 0 Å². The van der Waals surface area contributed by atoms with Crippen molar-refractivity contribution in [1.82, 2.24) is 9.55 Å². The van der Waals surface area contributed by atoms with Crippen LogP contribution in [0.5, 0.6) is 0 Å². The van der Waals surface area contributed by atoms with Crippen molar-refractivity contribution in [3.8, 4) is 0 Å². The highest BCUT2D eigenvalue weighted by Crippen LogP contribution is 2.21. The monoisotopic (exact) mass is 381 g/mol. The molecule has 1 aromatic heterocycles. The van der Waals surface area contributed by atoms with E-state index in [0.29, 0.717) is 36.3 Å². The largest absolute Gasteiger partial charge is 0.395 e. The number of rotatable bonds is 8. The Hall–Kier alpha value is -2.70. The first-order chi connectivity index (χ1) is 13.5. The Bertz CT molecular complexity index is 985. The SMILES string of the molecule is COC[C@H](Cc1ccccc1)n1c(C)nc2ccc(N(C)CCO)cc2c1=O. The minimum Gasteiger partial charge on any atom is -0.395 e. The molecular weight excluding hydrogens is 354 g/mol. The lowest BCUT2D eigenvalue weighted by molar-refractivity contribution is 0.152. The molecule has 0 aliphatic heterocycles. The number of fused-ring (bicyclic) bond motifs is 1. The van der Waals surface area contributed by atoms with Crippen LogP contribution >= 0.6 is 0 Å². The van der Waals surface area contributed by atoms with Gasteiger partial charge in [0, 0.05) is 26.4 Å². The molecule has 0 amide bonds. The highest BCUT2D eigenvalue weighted by Gasteiger charge is 2.19. The van der Waals surface area contributed by atoms with Crippen LogP contribution in [-0.2, 0) is 11.2 Å². The maximum atomic E-state index is 13.4. The summed E-state index contributed by atoms with van der Waals surface area (Å²) < 4.78 is 7.17. The normalized spacial score (nSPS) is 12.3. The van der Waals surface area contributed by atoms with E-state index in [0.717, 1.165) is 11.3 Å². The number of nitrogens with zero attached hydrogens (tertiary/aromatic N) is 3. The first kappa shape index (κ1) is 20.0. The van der Waals surface area contributed by atoms with Crippen LogP contribution in [-0.4, -0.2) is 48.6 Å². The molecule has 0 bridgehead atoms. The second kappa shape index (κ2) is 8.99. The molecule has 1 heterocycles. The molecular formula is C22H27N3O3. The van der Waals surface area contributed by atoms with Crippen molar-refractivity contribution in [1.29, 1.82) is 0 Å². The van der Waals surface area contributed by atoms with Crippen LogP contribution in [0.2, 0.25) is 0 Å². The van der Waals surface area contributed by atoms with E-state index in [2.05, 4.69) is 17.1 Å². The van der Waals surface area contributed by atoms with Crippen LogP contribution in [0.1, 0.15) is 17.4 Å². The van der Waals surface area contributed by atoms with E-state index in [1.165, 1.54) is 0 Å². The Kier molecular flexibility index (Phi) is 6.44. The number of aryl methyl sites for hydroxylation is 1.